The molecule has 0 aromatic heterocycles. The van der Waals surface area contributed by atoms with Gasteiger partial charge >= 0.3 is 18.3 Å². The molecule has 104 valence electrons. The molecule has 0 aliphatic rings. The first-order chi connectivity index (χ1) is 7.17. The molecule has 0 amide bonds. The topological polar surface area (TPSA) is 0 Å². The van der Waals surface area contributed by atoms with Crippen LogP contribution in [-0.2, 0) is 0 Å². The van der Waals surface area contributed by atoms with Gasteiger partial charge in [0.15, 0.2) is 0 Å². The highest BCUT2D eigenvalue weighted by Gasteiger charge is 2.80. The van der Waals surface area contributed by atoms with E-state index in [9.17, 15) is 39.5 Å². The summed E-state index contributed by atoms with van der Waals surface area (Å²) in [6.45, 7) is 0.896. The van der Waals surface area contributed by atoms with Gasteiger partial charge in [0.2, 0.25) is 0 Å². The maximum absolute atomic E-state index is 13.2. The molecule has 0 saturated heterocycles. The molecule has 0 fully saturated rings. The molecule has 0 nitrogen and oxygen atoms in total. The van der Waals surface area contributed by atoms with Gasteiger partial charge in [-0.3, -0.25) is 0 Å². The lowest BCUT2D eigenvalue weighted by Gasteiger charge is -2.36. The van der Waals surface area contributed by atoms with Crippen LogP contribution in [-0.4, -0.2) is 27.9 Å². The van der Waals surface area contributed by atoms with Crippen LogP contribution in [0.2, 0.25) is 0 Å². The summed E-state index contributed by atoms with van der Waals surface area (Å²) in [5, 5.41) is 0. The van der Waals surface area contributed by atoms with Crippen LogP contribution in [0.15, 0.2) is 0 Å². The molecule has 10 heteroatoms. The lowest BCUT2D eigenvalue weighted by atomic mass is 9.91. The first-order valence-electron chi connectivity index (χ1n) is 4.01. The minimum Gasteiger partial charge on any atom is -0.227 e. The van der Waals surface area contributed by atoms with E-state index in [1.807, 2.05) is 0 Å². The molecule has 0 bridgehead atoms. The summed E-state index contributed by atoms with van der Waals surface area (Å²) in [4.78, 5) is 0. The monoisotopic (exact) mass is 388 g/mol. The molecule has 0 aliphatic carbocycles. The van der Waals surface area contributed by atoms with Gasteiger partial charge in [-0.15, -0.1) is 0 Å². The van der Waals surface area contributed by atoms with E-state index < -0.39 is 34.3 Å². The van der Waals surface area contributed by atoms with E-state index in [2.05, 4.69) is 0 Å². The van der Waals surface area contributed by atoms with Crippen molar-refractivity contribution in [2.24, 2.45) is 0 Å². The third kappa shape index (κ3) is 3.11. The molecule has 2 atom stereocenters. The second-order valence-electron chi connectivity index (χ2n) is 3.36. The molecule has 0 heterocycles. The Balaban J connectivity index is 5.65. The Morgan fingerprint density at radius 3 is 1.35 bits per heavy atom. The zero-order valence-corrected chi connectivity index (χ0v) is 10.2. The fourth-order valence-electron chi connectivity index (χ4n) is 1.03. The number of rotatable bonds is 3. The van der Waals surface area contributed by atoms with Gasteiger partial charge in [0.25, 0.3) is 5.67 Å². The molecular formula is C7H6F9I. The Morgan fingerprint density at radius 1 is 0.824 bits per heavy atom. The first kappa shape index (κ1) is 17.1. The zero-order valence-electron chi connectivity index (χ0n) is 8.06. The maximum atomic E-state index is 13.2. The number of halogens is 10. The molecule has 17 heavy (non-hydrogen) atoms. The molecular weight excluding hydrogens is 382 g/mol. The van der Waals surface area contributed by atoms with Gasteiger partial charge in [0.1, 0.15) is 0 Å². The lowest BCUT2D eigenvalue weighted by Crippen LogP contribution is -2.62. The smallest absolute Gasteiger partial charge is 0.227 e. The molecule has 0 N–H and O–H groups in total. The summed E-state index contributed by atoms with van der Waals surface area (Å²) < 4.78 is 109. The first-order valence-corrected chi connectivity index (χ1v) is 5.25. The standard InChI is InChI=1S/C7H6F9I/c1-3(17)2-4(8,6(11,12)13)5(9,10)7(14,15)16/h3H,2H2,1H3/t3-,4+/m1/s1. The summed E-state index contributed by atoms with van der Waals surface area (Å²) in [6.07, 6.45) is -14.9. The summed E-state index contributed by atoms with van der Waals surface area (Å²) in [5.41, 5.74) is -5.63. The van der Waals surface area contributed by atoms with Crippen molar-refractivity contribution in [3.8, 4) is 0 Å². The minimum absolute atomic E-state index is 0.896. The van der Waals surface area contributed by atoms with Crippen molar-refractivity contribution in [3.63, 3.8) is 0 Å². The van der Waals surface area contributed by atoms with Crippen molar-refractivity contribution in [1.82, 2.24) is 0 Å². The lowest BCUT2D eigenvalue weighted by molar-refractivity contribution is -0.384. The zero-order chi connectivity index (χ0) is 14.3. The normalized spacial score (nSPS) is 19.9. The highest BCUT2D eigenvalue weighted by atomic mass is 127. The van der Waals surface area contributed by atoms with E-state index in [0.29, 0.717) is 0 Å². The van der Waals surface area contributed by atoms with E-state index in [0.717, 1.165) is 29.5 Å². The Morgan fingerprint density at radius 2 is 1.18 bits per heavy atom. The van der Waals surface area contributed by atoms with E-state index >= 15 is 0 Å². The highest BCUT2D eigenvalue weighted by molar-refractivity contribution is 14.1. The van der Waals surface area contributed by atoms with Gasteiger partial charge in [0, 0.05) is 10.3 Å². The fourth-order valence-corrected chi connectivity index (χ4v) is 1.64. The molecule has 0 saturated carbocycles. The third-order valence-corrected chi connectivity index (χ3v) is 2.31. The number of alkyl halides is 10. The van der Waals surface area contributed by atoms with Crippen molar-refractivity contribution in [2.45, 2.75) is 41.2 Å². The Bertz CT molecular complexity index is 265. The van der Waals surface area contributed by atoms with Gasteiger partial charge in [-0.2, -0.15) is 35.1 Å². The van der Waals surface area contributed by atoms with E-state index in [-0.39, 0.29) is 0 Å². The van der Waals surface area contributed by atoms with Crippen LogP contribution in [0.3, 0.4) is 0 Å². The molecule has 0 rings (SSSR count). The van der Waals surface area contributed by atoms with Gasteiger partial charge in [-0.25, -0.2) is 4.39 Å². The second kappa shape index (κ2) is 4.65. The van der Waals surface area contributed by atoms with Crippen molar-refractivity contribution in [1.29, 1.82) is 0 Å². The minimum atomic E-state index is -6.61. The van der Waals surface area contributed by atoms with E-state index in [4.69, 9.17) is 0 Å². The molecule has 0 spiro atoms. The summed E-state index contributed by atoms with van der Waals surface area (Å²) in [6, 6.07) is 0. The average Bonchev–Trinajstić information content (AvgIpc) is 1.97. The summed E-state index contributed by atoms with van der Waals surface area (Å²) >= 11 is 1.14. The molecule has 0 aliphatic heterocycles. The van der Waals surface area contributed by atoms with Crippen molar-refractivity contribution >= 4 is 22.6 Å². The van der Waals surface area contributed by atoms with Gasteiger partial charge in [-0.05, 0) is 0 Å². The Hall–Kier alpha value is 0.1000. The molecule has 0 aromatic rings. The Kier molecular flexibility index (Phi) is 4.68. The molecule has 0 unspecified atom stereocenters. The van der Waals surface area contributed by atoms with Gasteiger partial charge < -0.3 is 0 Å². The van der Waals surface area contributed by atoms with Crippen molar-refractivity contribution in [3.05, 3.63) is 0 Å². The van der Waals surface area contributed by atoms with Gasteiger partial charge in [0.05, 0.1) is 0 Å². The largest absolute Gasteiger partial charge is 0.457 e. The summed E-state index contributed by atoms with van der Waals surface area (Å²) in [7, 11) is 0. The van der Waals surface area contributed by atoms with Crippen molar-refractivity contribution in [2.75, 3.05) is 0 Å². The van der Waals surface area contributed by atoms with Crippen LogP contribution in [0, 0.1) is 0 Å². The summed E-state index contributed by atoms with van der Waals surface area (Å²) in [5.74, 6) is -6.49. The molecule has 0 aromatic carbocycles. The predicted octanol–water partition coefficient (Wildman–Crippen LogP) is 4.67. The van der Waals surface area contributed by atoms with E-state index in [1.54, 1.807) is 0 Å². The van der Waals surface area contributed by atoms with E-state index in [1.165, 1.54) is 0 Å². The van der Waals surface area contributed by atoms with Crippen LogP contribution in [0.25, 0.3) is 0 Å². The van der Waals surface area contributed by atoms with Crippen LogP contribution < -0.4 is 0 Å². The van der Waals surface area contributed by atoms with Gasteiger partial charge in [-0.1, -0.05) is 29.5 Å². The van der Waals surface area contributed by atoms with Crippen LogP contribution in [0.4, 0.5) is 39.5 Å². The van der Waals surface area contributed by atoms with Crippen molar-refractivity contribution < 1.29 is 39.5 Å². The van der Waals surface area contributed by atoms with Crippen LogP contribution in [0.1, 0.15) is 13.3 Å². The maximum Gasteiger partial charge on any atom is 0.457 e. The third-order valence-electron chi connectivity index (χ3n) is 1.87. The fraction of sp³-hybridized carbons (Fsp3) is 1.00. The quantitative estimate of drug-likeness (QED) is 0.375. The SMILES string of the molecule is C[C@@H](I)C[C@@](F)(C(F)(F)F)C(F)(F)C(F)(F)F. The van der Waals surface area contributed by atoms with Crippen LogP contribution in [0.5, 0.6) is 0 Å². The average molecular weight is 388 g/mol. The Labute approximate surface area is 104 Å². The second-order valence-corrected chi connectivity index (χ2v) is 5.48. The number of hydrogen-bond donors (Lipinski definition) is 0. The van der Waals surface area contributed by atoms with Crippen LogP contribution >= 0.6 is 22.6 Å². The number of hydrogen-bond acceptors (Lipinski definition) is 0. The predicted molar refractivity (Wildman–Crippen MR) is 49.0 cm³/mol. The highest BCUT2D eigenvalue weighted by Crippen LogP contribution is 2.55. The molecule has 0 radical (unpaired) electrons.